The zero-order valence-electron chi connectivity index (χ0n) is 18.7. The van der Waals surface area contributed by atoms with Crippen molar-refractivity contribution in [2.45, 2.75) is 26.9 Å². The van der Waals surface area contributed by atoms with Crippen LogP contribution in [0.15, 0.2) is 71.8 Å². The second kappa shape index (κ2) is 12.5. The molecule has 1 amide bonds. The number of hydrogen-bond acceptors (Lipinski definition) is 5. The average molecular weight is 467 g/mol. The molecule has 0 unspecified atom stereocenters. The van der Waals surface area contributed by atoms with Crippen molar-refractivity contribution >= 4 is 23.7 Å². The Labute approximate surface area is 199 Å². The first-order chi connectivity index (χ1) is 16.1. The minimum atomic E-state index is -0.347. The Kier molecular flexibility index (Phi) is 9.15. The number of hydrogen-bond donors (Lipinski definition) is 1. The molecule has 0 fully saturated rings. The normalized spacial score (nSPS) is 10.8. The van der Waals surface area contributed by atoms with Gasteiger partial charge in [-0.2, -0.15) is 5.10 Å². The molecule has 0 radical (unpaired) electrons. The van der Waals surface area contributed by atoms with Crippen LogP contribution in [0, 0.1) is 0 Å². The molecule has 7 heteroatoms. The summed E-state index contributed by atoms with van der Waals surface area (Å²) in [5.74, 6) is 1.48. The van der Waals surface area contributed by atoms with Crippen LogP contribution in [0.5, 0.6) is 17.2 Å². The second-order valence-electron chi connectivity index (χ2n) is 7.09. The van der Waals surface area contributed by atoms with E-state index in [9.17, 15) is 4.79 Å². The number of carbonyl (C=O) groups excluding carboxylic acids is 1. The number of halogens is 1. The van der Waals surface area contributed by atoms with E-state index in [1.165, 1.54) is 0 Å². The summed E-state index contributed by atoms with van der Waals surface area (Å²) in [5, 5.41) is 4.73. The molecule has 3 aromatic carbocycles. The molecule has 3 aromatic rings. The van der Waals surface area contributed by atoms with Gasteiger partial charge in [0.15, 0.2) is 11.5 Å². The summed E-state index contributed by atoms with van der Waals surface area (Å²) in [7, 11) is 0. The largest absolute Gasteiger partial charge is 0.490 e. The Bertz CT molecular complexity index is 1100. The maximum Gasteiger partial charge on any atom is 0.271 e. The van der Waals surface area contributed by atoms with Gasteiger partial charge in [0.05, 0.1) is 19.4 Å². The van der Waals surface area contributed by atoms with Crippen LogP contribution in [0.25, 0.3) is 0 Å². The van der Waals surface area contributed by atoms with Crippen molar-refractivity contribution in [3.63, 3.8) is 0 Å². The third-order valence-electron chi connectivity index (χ3n) is 4.56. The van der Waals surface area contributed by atoms with Crippen molar-refractivity contribution in [2.75, 3.05) is 13.2 Å². The van der Waals surface area contributed by atoms with E-state index in [-0.39, 0.29) is 5.91 Å². The SMILES string of the molecule is CCCOc1ccc(C(=O)N/N=C/c2cccc(OCc3ccccc3Cl)c2)cc1OCC. The minimum absolute atomic E-state index is 0.347. The van der Waals surface area contributed by atoms with Crippen LogP contribution < -0.4 is 19.6 Å². The number of hydrazone groups is 1. The number of carbonyl (C=O) groups is 1. The van der Waals surface area contributed by atoms with Crippen molar-refractivity contribution in [3.05, 3.63) is 88.4 Å². The van der Waals surface area contributed by atoms with Gasteiger partial charge in [0, 0.05) is 16.1 Å². The molecule has 0 saturated heterocycles. The van der Waals surface area contributed by atoms with E-state index < -0.39 is 0 Å². The summed E-state index contributed by atoms with van der Waals surface area (Å²) in [6, 6.07) is 20.0. The molecule has 0 aromatic heterocycles. The highest BCUT2D eigenvalue weighted by atomic mass is 35.5. The second-order valence-corrected chi connectivity index (χ2v) is 7.50. The third kappa shape index (κ3) is 7.26. The molecule has 3 rings (SSSR count). The van der Waals surface area contributed by atoms with E-state index >= 15 is 0 Å². The third-order valence-corrected chi connectivity index (χ3v) is 4.93. The lowest BCUT2D eigenvalue weighted by Crippen LogP contribution is -2.17. The topological polar surface area (TPSA) is 69.2 Å². The molecule has 0 bridgehead atoms. The van der Waals surface area contributed by atoms with Gasteiger partial charge in [0.1, 0.15) is 12.4 Å². The predicted octanol–water partition coefficient (Wildman–Crippen LogP) is 5.87. The molecule has 172 valence electrons. The van der Waals surface area contributed by atoms with E-state index in [4.69, 9.17) is 25.8 Å². The van der Waals surface area contributed by atoms with Crippen LogP contribution in [-0.2, 0) is 6.61 Å². The molecule has 0 spiro atoms. The molecule has 0 saturated carbocycles. The van der Waals surface area contributed by atoms with Crippen LogP contribution in [-0.4, -0.2) is 25.3 Å². The Balaban J connectivity index is 1.60. The highest BCUT2D eigenvalue weighted by molar-refractivity contribution is 6.31. The van der Waals surface area contributed by atoms with E-state index in [0.29, 0.717) is 47.7 Å². The number of rotatable bonds is 11. The van der Waals surface area contributed by atoms with Crippen molar-refractivity contribution in [3.8, 4) is 17.2 Å². The van der Waals surface area contributed by atoms with Gasteiger partial charge in [-0.15, -0.1) is 0 Å². The molecule has 0 aliphatic rings. The Morgan fingerprint density at radius 1 is 0.970 bits per heavy atom. The lowest BCUT2D eigenvalue weighted by molar-refractivity contribution is 0.0954. The molecule has 0 heterocycles. The van der Waals surface area contributed by atoms with E-state index in [1.54, 1.807) is 24.4 Å². The van der Waals surface area contributed by atoms with Gasteiger partial charge < -0.3 is 14.2 Å². The summed E-state index contributed by atoms with van der Waals surface area (Å²) in [6.07, 6.45) is 2.44. The van der Waals surface area contributed by atoms with E-state index in [0.717, 1.165) is 17.5 Å². The zero-order chi connectivity index (χ0) is 23.5. The standard InChI is InChI=1S/C26H27ClN2O4/c1-3-14-32-24-13-12-20(16-25(24)31-4-2)26(30)29-28-17-19-8-7-10-22(15-19)33-18-21-9-5-6-11-23(21)27/h5-13,15-17H,3-4,14,18H2,1-2H3,(H,29,30)/b28-17+. The van der Waals surface area contributed by atoms with E-state index in [1.807, 2.05) is 62.4 Å². The van der Waals surface area contributed by atoms with Crippen LogP contribution in [0.4, 0.5) is 0 Å². The van der Waals surface area contributed by atoms with Crippen molar-refractivity contribution in [2.24, 2.45) is 5.10 Å². The summed E-state index contributed by atoms with van der Waals surface area (Å²) in [4.78, 5) is 12.5. The Morgan fingerprint density at radius 3 is 2.61 bits per heavy atom. The summed E-state index contributed by atoms with van der Waals surface area (Å²) < 4.78 is 17.1. The molecule has 6 nitrogen and oxygen atoms in total. The Morgan fingerprint density at radius 2 is 1.82 bits per heavy atom. The van der Waals surface area contributed by atoms with Crippen LogP contribution >= 0.6 is 11.6 Å². The fourth-order valence-corrected chi connectivity index (χ4v) is 3.13. The monoisotopic (exact) mass is 466 g/mol. The predicted molar refractivity (Wildman–Crippen MR) is 131 cm³/mol. The van der Waals surface area contributed by atoms with Crippen molar-refractivity contribution in [1.29, 1.82) is 0 Å². The van der Waals surface area contributed by atoms with Gasteiger partial charge in [-0.25, -0.2) is 5.43 Å². The number of benzene rings is 3. The highest BCUT2D eigenvalue weighted by Gasteiger charge is 2.11. The molecular formula is C26H27ClN2O4. The first-order valence-corrected chi connectivity index (χ1v) is 11.2. The Hall–Kier alpha value is -3.51. The van der Waals surface area contributed by atoms with Crippen molar-refractivity contribution in [1.82, 2.24) is 5.43 Å². The maximum atomic E-state index is 12.5. The number of nitrogens with one attached hydrogen (secondary N) is 1. The minimum Gasteiger partial charge on any atom is -0.490 e. The lowest BCUT2D eigenvalue weighted by atomic mass is 10.2. The summed E-state index contributed by atoms with van der Waals surface area (Å²) >= 11 is 6.17. The van der Waals surface area contributed by atoms with Crippen LogP contribution in [0.1, 0.15) is 41.8 Å². The molecule has 0 aliphatic carbocycles. The number of nitrogens with zero attached hydrogens (tertiary/aromatic N) is 1. The van der Waals surface area contributed by atoms with E-state index in [2.05, 4.69) is 10.5 Å². The van der Waals surface area contributed by atoms with Gasteiger partial charge in [0.2, 0.25) is 0 Å². The number of ether oxygens (including phenoxy) is 3. The number of amides is 1. The summed E-state index contributed by atoms with van der Waals surface area (Å²) in [5.41, 5.74) is 4.66. The van der Waals surface area contributed by atoms with Gasteiger partial charge in [-0.3, -0.25) is 4.79 Å². The average Bonchev–Trinajstić information content (AvgIpc) is 2.83. The molecule has 33 heavy (non-hydrogen) atoms. The van der Waals surface area contributed by atoms with Gasteiger partial charge in [-0.05, 0) is 55.3 Å². The molecule has 0 aliphatic heterocycles. The highest BCUT2D eigenvalue weighted by Crippen LogP contribution is 2.28. The first kappa shape index (κ1) is 24.1. The fourth-order valence-electron chi connectivity index (χ4n) is 2.94. The maximum absolute atomic E-state index is 12.5. The molecular weight excluding hydrogens is 440 g/mol. The first-order valence-electron chi connectivity index (χ1n) is 10.8. The van der Waals surface area contributed by atoms with Gasteiger partial charge in [-0.1, -0.05) is 48.9 Å². The zero-order valence-corrected chi connectivity index (χ0v) is 19.5. The van der Waals surface area contributed by atoms with Gasteiger partial charge >= 0.3 is 0 Å². The lowest BCUT2D eigenvalue weighted by Gasteiger charge is -2.12. The van der Waals surface area contributed by atoms with Gasteiger partial charge in [0.25, 0.3) is 5.91 Å². The molecule has 0 atom stereocenters. The summed E-state index contributed by atoms with van der Waals surface area (Å²) in [6.45, 7) is 5.32. The van der Waals surface area contributed by atoms with Crippen LogP contribution in [0.3, 0.4) is 0 Å². The van der Waals surface area contributed by atoms with Crippen molar-refractivity contribution < 1.29 is 19.0 Å². The van der Waals surface area contributed by atoms with Crippen LogP contribution in [0.2, 0.25) is 5.02 Å². The fraction of sp³-hybridized carbons (Fsp3) is 0.231. The molecule has 1 N–H and O–H groups in total. The smallest absolute Gasteiger partial charge is 0.271 e. The quantitative estimate of drug-likeness (QED) is 0.283.